The van der Waals surface area contributed by atoms with Crippen LogP contribution in [0.25, 0.3) is 0 Å². The Labute approximate surface area is 150 Å². The van der Waals surface area contributed by atoms with Crippen LogP contribution in [0.2, 0.25) is 5.02 Å². The molecule has 0 aromatic heterocycles. The van der Waals surface area contributed by atoms with Gasteiger partial charge in [0.05, 0.1) is 22.0 Å². The van der Waals surface area contributed by atoms with Gasteiger partial charge in [0.15, 0.2) is 0 Å². The van der Waals surface area contributed by atoms with Crippen LogP contribution in [-0.2, 0) is 14.8 Å². The van der Waals surface area contributed by atoms with Gasteiger partial charge < -0.3 is 4.90 Å². The quantitative estimate of drug-likeness (QED) is 0.822. The molecule has 2 aromatic rings. The summed E-state index contributed by atoms with van der Waals surface area (Å²) in [5.74, 6) is -1.15. The van der Waals surface area contributed by atoms with Gasteiger partial charge in [0, 0.05) is 19.2 Å². The molecule has 0 atom stereocenters. The lowest BCUT2D eigenvalue weighted by molar-refractivity contribution is -0.116. The van der Waals surface area contributed by atoms with E-state index in [1.807, 2.05) is 6.07 Å². The van der Waals surface area contributed by atoms with Crippen LogP contribution in [0.4, 0.5) is 11.4 Å². The Morgan fingerprint density at radius 1 is 1.16 bits per heavy atom. The van der Waals surface area contributed by atoms with E-state index in [0.29, 0.717) is 5.69 Å². The number of halogens is 1. The molecule has 3 rings (SSSR count). The molecule has 6 nitrogen and oxygen atoms in total. The summed E-state index contributed by atoms with van der Waals surface area (Å²) in [5.41, 5.74) is 0.913. The number of amides is 2. The minimum absolute atomic E-state index is 0.0713. The van der Waals surface area contributed by atoms with Gasteiger partial charge in [-0.2, -0.15) is 0 Å². The third kappa shape index (κ3) is 3.25. The summed E-state index contributed by atoms with van der Waals surface area (Å²) in [5, 5.41) is 0.181. The van der Waals surface area contributed by atoms with Gasteiger partial charge in [-0.25, -0.2) is 12.7 Å². The predicted molar refractivity (Wildman–Crippen MR) is 96.5 cm³/mol. The van der Waals surface area contributed by atoms with Crippen LogP contribution < -0.4 is 9.21 Å². The van der Waals surface area contributed by atoms with E-state index in [1.165, 1.54) is 23.1 Å². The molecule has 0 spiro atoms. The fourth-order valence-corrected chi connectivity index (χ4v) is 4.27. The molecule has 8 heteroatoms. The Morgan fingerprint density at radius 3 is 2.44 bits per heavy atom. The zero-order valence-corrected chi connectivity index (χ0v) is 14.9. The standard InChI is InChI=1S/C17H15ClN2O4S/c1-19(12-5-3-2-4-6-12)17(22)14-11-13(7-8-15(14)18)20-16(21)9-10-25(20,23)24/h2-8,11H,9-10H2,1H3. The van der Waals surface area contributed by atoms with Crippen LogP contribution in [0, 0.1) is 0 Å². The molecule has 0 N–H and O–H groups in total. The van der Waals surface area contributed by atoms with Crippen LogP contribution >= 0.6 is 11.6 Å². The number of anilines is 2. The van der Waals surface area contributed by atoms with E-state index in [1.54, 1.807) is 31.3 Å². The molecule has 1 heterocycles. The molecule has 0 saturated carbocycles. The lowest BCUT2D eigenvalue weighted by atomic mass is 10.1. The maximum atomic E-state index is 12.8. The van der Waals surface area contributed by atoms with E-state index in [9.17, 15) is 18.0 Å². The molecule has 130 valence electrons. The maximum Gasteiger partial charge on any atom is 0.259 e. The first kappa shape index (κ1) is 17.4. The molecule has 1 saturated heterocycles. The van der Waals surface area contributed by atoms with Crippen molar-refractivity contribution >= 4 is 44.8 Å². The number of para-hydroxylation sites is 1. The average Bonchev–Trinajstić information content (AvgIpc) is 2.88. The molecular weight excluding hydrogens is 364 g/mol. The molecule has 1 aliphatic rings. The number of carbonyl (C=O) groups excluding carboxylic acids is 2. The van der Waals surface area contributed by atoms with E-state index >= 15 is 0 Å². The third-order valence-electron chi connectivity index (χ3n) is 3.94. The molecule has 2 aromatic carbocycles. The topological polar surface area (TPSA) is 74.8 Å². The smallest absolute Gasteiger partial charge is 0.259 e. The number of nitrogens with zero attached hydrogens (tertiary/aromatic N) is 2. The predicted octanol–water partition coefficient (Wildman–Crippen LogP) is 2.68. The van der Waals surface area contributed by atoms with Crippen LogP contribution in [0.1, 0.15) is 16.8 Å². The summed E-state index contributed by atoms with van der Waals surface area (Å²) in [7, 11) is -2.11. The first-order chi connectivity index (χ1) is 11.8. The highest BCUT2D eigenvalue weighted by atomic mass is 35.5. The lowest BCUT2D eigenvalue weighted by Crippen LogP contribution is -2.30. The fraction of sp³-hybridized carbons (Fsp3) is 0.176. The monoisotopic (exact) mass is 378 g/mol. The van der Waals surface area contributed by atoms with Crippen LogP contribution in [0.3, 0.4) is 0 Å². The Balaban J connectivity index is 2.00. The van der Waals surface area contributed by atoms with Crippen LogP contribution in [0.5, 0.6) is 0 Å². The second kappa shape index (κ2) is 6.50. The number of rotatable bonds is 3. The molecule has 25 heavy (non-hydrogen) atoms. The van der Waals surface area contributed by atoms with Gasteiger partial charge in [0.2, 0.25) is 15.9 Å². The minimum Gasteiger partial charge on any atom is -0.311 e. The van der Waals surface area contributed by atoms with Crippen LogP contribution in [0.15, 0.2) is 48.5 Å². The normalized spacial score (nSPS) is 16.1. The van der Waals surface area contributed by atoms with Gasteiger partial charge in [-0.3, -0.25) is 9.59 Å². The Bertz CT molecular complexity index is 944. The first-order valence-electron chi connectivity index (χ1n) is 7.50. The summed E-state index contributed by atoms with van der Waals surface area (Å²) < 4.78 is 24.9. The van der Waals surface area contributed by atoms with Gasteiger partial charge in [0.25, 0.3) is 5.91 Å². The minimum atomic E-state index is -3.70. The SMILES string of the molecule is CN(C(=O)c1cc(N2C(=O)CCS2(=O)=O)ccc1Cl)c1ccccc1. The molecule has 2 amide bonds. The van der Waals surface area contributed by atoms with E-state index < -0.39 is 21.8 Å². The fourth-order valence-electron chi connectivity index (χ4n) is 2.62. The van der Waals surface area contributed by atoms with Crippen molar-refractivity contribution in [2.75, 3.05) is 22.0 Å². The number of benzene rings is 2. The second-order valence-corrected chi connectivity index (χ2v) is 7.93. The zero-order valence-electron chi connectivity index (χ0n) is 13.3. The Morgan fingerprint density at radius 2 is 1.84 bits per heavy atom. The van der Waals surface area contributed by atoms with Gasteiger partial charge >= 0.3 is 0 Å². The summed E-state index contributed by atoms with van der Waals surface area (Å²) in [4.78, 5) is 26.1. The van der Waals surface area contributed by atoms with E-state index in [-0.39, 0.29) is 28.4 Å². The van der Waals surface area contributed by atoms with Gasteiger partial charge in [0.1, 0.15) is 0 Å². The van der Waals surface area contributed by atoms with Crippen molar-refractivity contribution in [2.24, 2.45) is 0 Å². The highest BCUT2D eigenvalue weighted by Crippen LogP contribution is 2.30. The molecule has 0 radical (unpaired) electrons. The van der Waals surface area contributed by atoms with Crippen molar-refractivity contribution in [2.45, 2.75) is 6.42 Å². The largest absolute Gasteiger partial charge is 0.311 e. The second-order valence-electron chi connectivity index (χ2n) is 5.59. The zero-order chi connectivity index (χ0) is 18.2. The maximum absolute atomic E-state index is 12.8. The van der Waals surface area contributed by atoms with E-state index in [4.69, 9.17) is 11.6 Å². The Hall–Kier alpha value is -2.38. The number of sulfonamides is 1. The summed E-state index contributed by atoms with van der Waals surface area (Å²) in [6.45, 7) is 0. The Kier molecular flexibility index (Phi) is 4.53. The van der Waals surface area contributed by atoms with Crippen molar-refractivity contribution in [1.29, 1.82) is 0 Å². The molecule has 0 aliphatic carbocycles. The summed E-state index contributed by atoms with van der Waals surface area (Å²) in [6.07, 6.45) is -0.0713. The first-order valence-corrected chi connectivity index (χ1v) is 9.48. The third-order valence-corrected chi connectivity index (χ3v) is 5.96. The number of hydrogen-bond acceptors (Lipinski definition) is 4. The van der Waals surface area contributed by atoms with Gasteiger partial charge in [-0.15, -0.1) is 0 Å². The number of hydrogen-bond donors (Lipinski definition) is 0. The summed E-state index contributed by atoms with van der Waals surface area (Å²) in [6, 6.07) is 13.1. The van der Waals surface area contributed by atoms with Crippen molar-refractivity contribution in [3.05, 3.63) is 59.1 Å². The highest BCUT2D eigenvalue weighted by molar-refractivity contribution is 7.94. The highest BCUT2D eigenvalue weighted by Gasteiger charge is 2.36. The van der Waals surface area contributed by atoms with Crippen molar-refractivity contribution < 1.29 is 18.0 Å². The van der Waals surface area contributed by atoms with Crippen LogP contribution in [-0.4, -0.2) is 33.0 Å². The average molecular weight is 379 g/mol. The van der Waals surface area contributed by atoms with Crippen molar-refractivity contribution in [3.63, 3.8) is 0 Å². The van der Waals surface area contributed by atoms with Gasteiger partial charge in [-0.05, 0) is 30.3 Å². The van der Waals surface area contributed by atoms with E-state index in [0.717, 1.165) is 4.31 Å². The molecule has 0 unspecified atom stereocenters. The molecule has 1 fully saturated rings. The molecular formula is C17H15ClN2O4S. The lowest BCUT2D eigenvalue weighted by Gasteiger charge is -2.20. The molecule has 1 aliphatic heterocycles. The van der Waals surface area contributed by atoms with Crippen molar-refractivity contribution in [1.82, 2.24) is 0 Å². The van der Waals surface area contributed by atoms with Gasteiger partial charge in [-0.1, -0.05) is 29.8 Å². The number of carbonyl (C=O) groups is 2. The molecule has 0 bridgehead atoms. The summed E-state index contributed by atoms with van der Waals surface area (Å²) >= 11 is 6.14. The van der Waals surface area contributed by atoms with E-state index in [2.05, 4.69) is 0 Å². The van der Waals surface area contributed by atoms with Crippen molar-refractivity contribution in [3.8, 4) is 0 Å².